The van der Waals surface area contributed by atoms with E-state index in [2.05, 4.69) is 15.6 Å². The van der Waals surface area contributed by atoms with Crippen molar-refractivity contribution >= 4 is 23.3 Å². The van der Waals surface area contributed by atoms with E-state index >= 15 is 0 Å². The molecule has 1 aromatic heterocycles. The third kappa shape index (κ3) is 4.09. The van der Waals surface area contributed by atoms with Crippen LogP contribution in [-0.4, -0.2) is 16.8 Å². The summed E-state index contributed by atoms with van der Waals surface area (Å²) in [6.45, 7) is 1.88. The third-order valence-electron chi connectivity index (χ3n) is 3.68. The van der Waals surface area contributed by atoms with Crippen LogP contribution in [0.1, 0.15) is 26.3 Å². The molecule has 0 fully saturated rings. The standard InChI is InChI=1S/C20H17N3O2/c1-14-7-2-3-10-17(14)20(25)22-16-9-6-8-15(13-16)19(24)23-18-11-4-5-12-21-18/h2-13H,1H3,(H,22,25)(H,21,23,24). The summed E-state index contributed by atoms with van der Waals surface area (Å²) in [6.07, 6.45) is 1.61. The fourth-order valence-electron chi connectivity index (χ4n) is 2.39. The van der Waals surface area contributed by atoms with Crippen molar-refractivity contribution in [3.8, 4) is 0 Å². The lowest BCUT2D eigenvalue weighted by Gasteiger charge is -2.09. The van der Waals surface area contributed by atoms with Crippen molar-refractivity contribution in [3.05, 3.63) is 89.6 Å². The van der Waals surface area contributed by atoms with Gasteiger partial charge in [0.2, 0.25) is 0 Å². The first-order valence-corrected chi connectivity index (χ1v) is 7.83. The highest BCUT2D eigenvalue weighted by molar-refractivity contribution is 6.07. The van der Waals surface area contributed by atoms with Crippen LogP contribution in [0.5, 0.6) is 0 Å². The van der Waals surface area contributed by atoms with Crippen LogP contribution < -0.4 is 10.6 Å². The summed E-state index contributed by atoms with van der Waals surface area (Å²) in [6, 6.07) is 19.4. The predicted octanol–water partition coefficient (Wildman–Crippen LogP) is 3.89. The van der Waals surface area contributed by atoms with Crippen LogP contribution in [0, 0.1) is 6.92 Å². The number of pyridine rings is 1. The molecule has 124 valence electrons. The normalized spacial score (nSPS) is 10.1. The monoisotopic (exact) mass is 331 g/mol. The number of carbonyl (C=O) groups is 2. The third-order valence-corrected chi connectivity index (χ3v) is 3.68. The predicted molar refractivity (Wildman–Crippen MR) is 97.8 cm³/mol. The fourth-order valence-corrected chi connectivity index (χ4v) is 2.39. The number of aryl methyl sites for hydroxylation is 1. The number of benzene rings is 2. The minimum absolute atomic E-state index is 0.208. The van der Waals surface area contributed by atoms with Gasteiger partial charge in [-0.2, -0.15) is 0 Å². The second-order valence-electron chi connectivity index (χ2n) is 5.52. The number of aromatic nitrogens is 1. The number of hydrogen-bond acceptors (Lipinski definition) is 3. The van der Waals surface area contributed by atoms with Crippen molar-refractivity contribution < 1.29 is 9.59 Å². The molecule has 2 amide bonds. The zero-order chi connectivity index (χ0) is 17.6. The van der Waals surface area contributed by atoms with Crippen molar-refractivity contribution in [1.29, 1.82) is 0 Å². The van der Waals surface area contributed by atoms with Gasteiger partial charge < -0.3 is 10.6 Å². The highest BCUT2D eigenvalue weighted by atomic mass is 16.2. The molecule has 0 unspecified atom stereocenters. The Hall–Kier alpha value is -3.47. The fraction of sp³-hybridized carbons (Fsp3) is 0.0500. The van der Waals surface area contributed by atoms with E-state index in [0.29, 0.717) is 22.6 Å². The zero-order valence-electron chi connectivity index (χ0n) is 13.7. The molecule has 0 aliphatic carbocycles. The summed E-state index contributed by atoms with van der Waals surface area (Å²) in [4.78, 5) is 28.8. The van der Waals surface area contributed by atoms with Crippen LogP contribution in [-0.2, 0) is 0 Å². The zero-order valence-corrected chi connectivity index (χ0v) is 13.7. The molecule has 0 atom stereocenters. The Morgan fingerprint density at radius 1 is 0.840 bits per heavy atom. The Labute approximate surface area is 145 Å². The molecule has 3 rings (SSSR count). The smallest absolute Gasteiger partial charge is 0.256 e. The van der Waals surface area contributed by atoms with Gasteiger partial charge in [-0.15, -0.1) is 0 Å². The van der Waals surface area contributed by atoms with Crippen molar-refractivity contribution in [2.45, 2.75) is 6.92 Å². The van der Waals surface area contributed by atoms with Gasteiger partial charge in [-0.05, 0) is 48.9 Å². The average Bonchev–Trinajstić information content (AvgIpc) is 2.63. The van der Waals surface area contributed by atoms with Crippen LogP contribution >= 0.6 is 0 Å². The first kappa shape index (κ1) is 16.4. The summed E-state index contributed by atoms with van der Waals surface area (Å²) < 4.78 is 0. The number of nitrogens with one attached hydrogen (secondary N) is 2. The largest absolute Gasteiger partial charge is 0.322 e. The molecular weight excluding hydrogens is 314 g/mol. The summed E-state index contributed by atoms with van der Waals surface area (Å²) in [7, 11) is 0. The van der Waals surface area contributed by atoms with E-state index < -0.39 is 0 Å². The van der Waals surface area contributed by atoms with E-state index in [9.17, 15) is 9.59 Å². The van der Waals surface area contributed by atoms with E-state index in [1.165, 1.54) is 0 Å². The van der Waals surface area contributed by atoms with Crippen molar-refractivity contribution in [3.63, 3.8) is 0 Å². The van der Waals surface area contributed by atoms with Crippen LogP contribution in [0.3, 0.4) is 0 Å². The number of anilines is 2. The number of carbonyl (C=O) groups excluding carboxylic acids is 2. The highest BCUT2D eigenvalue weighted by Gasteiger charge is 2.11. The lowest BCUT2D eigenvalue weighted by Crippen LogP contribution is -2.15. The maximum atomic E-state index is 12.4. The molecule has 0 radical (unpaired) electrons. The number of nitrogens with zero attached hydrogens (tertiary/aromatic N) is 1. The lowest BCUT2D eigenvalue weighted by atomic mass is 10.1. The average molecular weight is 331 g/mol. The molecule has 2 N–H and O–H groups in total. The molecular formula is C20H17N3O2. The molecule has 5 heteroatoms. The summed E-state index contributed by atoms with van der Waals surface area (Å²) in [5, 5.41) is 5.54. The Balaban J connectivity index is 1.74. The van der Waals surface area contributed by atoms with Crippen LogP contribution in [0.25, 0.3) is 0 Å². The Morgan fingerprint density at radius 3 is 2.40 bits per heavy atom. The van der Waals surface area contributed by atoms with E-state index in [1.54, 1.807) is 54.7 Å². The number of amides is 2. The lowest BCUT2D eigenvalue weighted by molar-refractivity contribution is 0.101. The van der Waals surface area contributed by atoms with E-state index in [1.807, 2.05) is 25.1 Å². The van der Waals surface area contributed by atoms with E-state index in [0.717, 1.165) is 5.56 Å². The molecule has 0 aliphatic rings. The van der Waals surface area contributed by atoms with Gasteiger partial charge in [0.25, 0.3) is 11.8 Å². The Kier molecular flexibility index (Phi) is 4.85. The molecule has 0 bridgehead atoms. The quantitative estimate of drug-likeness (QED) is 0.762. The second kappa shape index (κ2) is 7.40. The molecule has 2 aromatic carbocycles. The molecule has 0 spiro atoms. The van der Waals surface area contributed by atoms with Crippen LogP contribution in [0.15, 0.2) is 72.9 Å². The maximum absolute atomic E-state index is 12.4. The molecule has 0 saturated heterocycles. The molecule has 5 nitrogen and oxygen atoms in total. The van der Waals surface area contributed by atoms with E-state index in [4.69, 9.17) is 0 Å². The summed E-state index contributed by atoms with van der Waals surface area (Å²) in [5.74, 6) is -0.0204. The molecule has 0 aliphatic heterocycles. The van der Waals surface area contributed by atoms with Gasteiger partial charge in [0, 0.05) is 23.0 Å². The first-order valence-electron chi connectivity index (χ1n) is 7.83. The summed E-state index contributed by atoms with van der Waals surface area (Å²) in [5.41, 5.74) is 2.49. The maximum Gasteiger partial charge on any atom is 0.256 e. The highest BCUT2D eigenvalue weighted by Crippen LogP contribution is 2.15. The van der Waals surface area contributed by atoms with Gasteiger partial charge in [-0.3, -0.25) is 9.59 Å². The van der Waals surface area contributed by atoms with Gasteiger partial charge in [0.05, 0.1) is 0 Å². The van der Waals surface area contributed by atoms with Gasteiger partial charge in [-0.25, -0.2) is 4.98 Å². The van der Waals surface area contributed by atoms with Gasteiger partial charge >= 0.3 is 0 Å². The van der Waals surface area contributed by atoms with Crippen LogP contribution in [0.2, 0.25) is 0 Å². The molecule has 0 saturated carbocycles. The van der Waals surface area contributed by atoms with Crippen LogP contribution in [0.4, 0.5) is 11.5 Å². The Bertz CT molecular complexity index is 908. The molecule has 3 aromatic rings. The molecule has 1 heterocycles. The van der Waals surface area contributed by atoms with Gasteiger partial charge in [0.15, 0.2) is 0 Å². The molecule has 25 heavy (non-hydrogen) atoms. The van der Waals surface area contributed by atoms with Gasteiger partial charge in [-0.1, -0.05) is 30.3 Å². The summed E-state index contributed by atoms with van der Waals surface area (Å²) >= 11 is 0. The van der Waals surface area contributed by atoms with Crippen molar-refractivity contribution in [2.75, 3.05) is 10.6 Å². The Morgan fingerprint density at radius 2 is 1.64 bits per heavy atom. The number of hydrogen-bond donors (Lipinski definition) is 2. The SMILES string of the molecule is Cc1ccccc1C(=O)Nc1cccc(C(=O)Nc2ccccn2)c1. The number of rotatable bonds is 4. The van der Waals surface area contributed by atoms with Gasteiger partial charge in [0.1, 0.15) is 5.82 Å². The minimum Gasteiger partial charge on any atom is -0.322 e. The first-order chi connectivity index (χ1) is 12.1. The van der Waals surface area contributed by atoms with Crippen molar-refractivity contribution in [1.82, 2.24) is 4.98 Å². The van der Waals surface area contributed by atoms with E-state index in [-0.39, 0.29) is 11.8 Å². The minimum atomic E-state index is -0.286. The second-order valence-corrected chi connectivity index (χ2v) is 5.52. The van der Waals surface area contributed by atoms with Crippen molar-refractivity contribution in [2.24, 2.45) is 0 Å². The topological polar surface area (TPSA) is 71.1 Å².